The molecule has 2 heteroatoms. The second kappa shape index (κ2) is 2.68. The Bertz CT molecular complexity index is 230. The first kappa shape index (κ1) is 8.31. The molecule has 11 heavy (non-hydrogen) atoms. The lowest BCUT2D eigenvalue weighted by Crippen LogP contribution is -2.11. The van der Waals surface area contributed by atoms with Gasteiger partial charge in [0, 0.05) is 18.9 Å². The Morgan fingerprint density at radius 3 is 2.45 bits per heavy atom. The van der Waals surface area contributed by atoms with Crippen molar-refractivity contribution in [2.45, 2.75) is 27.2 Å². The minimum atomic E-state index is 0.355. The van der Waals surface area contributed by atoms with Gasteiger partial charge >= 0.3 is 0 Å². The number of hydrogen-bond donors (Lipinski definition) is 0. The quantitative estimate of drug-likeness (QED) is 0.602. The van der Waals surface area contributed by atoms with E-state index >= 15 is 0 Å². The summed E-state index contributed by atoms with van der Waals surface area (Å²) < 4.78 is 2.07. The van der Waals surface area contributed by atoms with Gasteiger partial charge in [-0.1, -0.05) is 20.8 Å². The molecular weight excluding hydrogens is 136 g/mol. The normalized spacial score (nSPS) is 12.0. The summed E-state index contributed by atoms with van der Waals surface area (Å²) in [6, 6.07) is 0. The topological polar surface area (TPSA) is 17.8 Å². The number of aryl methyl sites for hydroxylation is 1. The molecule has 0 saturated carbocycles. The maximum Gasteiger partial charge on any atom is 0.0945 e. The molecule has 0 radical (unpaired) electrons. The minimum Gasteiger partial charge on any atom is -0.338 e. The van der Waals surface area contributed by atoms with Crippen LogP contribution in [0.25, 0.3) is 0 Å². The largest absolute Gasteiger partial charge is 0.338 e. The lowest BCUT2D eigenvalue weighted by Gasteiger charge is -2.17. The molecule has 0 aromatic carbocycles. The van der Waals surface area contributed by atoms with Gasteiger partial charge in [0.25, 0.3) is 0 Å². The van der Waals surface area contributed by atoms with Crippen molar-refractivity contribution >= 4 is 0 Å². The van der Waals surface area contributed by atoms with Crippen molar-refractivity contribution < 1.29 is 0 Å². The highest BCUT2D eigenvalue weighted by Gasteiger charge is 2.12. The summed E-state index contributed by atoms with van der Waals surface area (Å²) in [6.07, 6.45) is 4.87. The van der Waals surface area contributed by atoms with Gasteiger partial charge < -0.3 is 4.57 Å². The molecule has 0 amide bonds. The van der Waals surface area contributed by atoms with Gasteiger partial charge in [0.15, 0.2) is 0 Å². The molecule has 1 rings (SSSR count). The third-order valence-electron chi connectivity index (χ3n) is 1.63. The second-order valence-electron chi connectivity index (χ2n) is 4.23. The van der Waals surface area contributed by atoms with Crippen LogP contribution < -0.4 is 0 Å². The highest BCUT2D eigenvalue weighted by molar-refractivity contribution is 5.00. The van der Waals surface area contributed by atoms with Crippen molar-refractivity contribution in [3.8, 4) is 0 Å². The maximum atomic E-state index is 4.07. The third kappa shape index (κ3) is 2.37. The summed E-state index contributed by atoms with van der Waals surface area (Å²) in [5, 5.41) is 0. The summed E-state index contributed by atoms with van der Waals surface area (Å²) in [5.74, 6) is 0. The van der Waals surface area contributed by atoms with Crippen LogP contribution >= 0.6 is 0 Å². The lowest BCUT2D eigenvalue weighted by atomic mass is 9.91. The number of imidazole rings is 1. The number of nitrogens with zero attached hydrogens (tertiary/aromatic N) is 2. The van der Waals surface area contributed by atoms with E-state index in [0.29, 0.717) is 5.41 Å². The van der Waals surface area contributed by atoms with Gasteiger partial charge in [0.05, 0.1) is 6.33 Å². The van der Waals surface area contributed by atoms with Crippen LogP contribution in [0, 0.1) is 5.41 Å². The highest BCUT2D eigenvalue weighted by Crippen LogP contribution is 2.19. The summed E-state index contributed by atoms with van der Waals surface area (Å²) in [5.41, 5.74) is 1.66. The highest BCUT2D eigenvalue weighted by atomic mass is 15.0. The molecule has 0 spiro atoms. The van der Waals surface area contributed by atoms with E-state index in [1.807, 2.05) is 19.6 Å². The van der Waals surface area contributed by atoms with Crippen molar-refractivity contribution in [1.82, 2.24) is 9.55 Å². The summed E-state index contributed by atoms with van der Waals surface area (Å²) in [7, 11) is 2.04. The fraction of sp³-hybridized carbons (Fsp3) is 0.667. The van der Waals surface area contributed by atoms with Gasteiger partial charge in [-0.2, -0.15) is 0 Å². The molecule has 0 N–H and O–H groups in total. The Labute approximate surface area is 68.3 Å². The number of rotatable bonds is 1. The minimum absolute atomic E-state index is 0.355. The molecule has 1 aromatic heterocycles. The van der Waals surface area contributed by atoms with Gasteiger partial charge in [-0.3, -0.25) is 0 Å². The van der Waals surface area contributed by atoms with Gasteiger partial charge in [-0.15, -0.1) is 0 Å². The zero-order chi connectivity index (χ0) is 8.48. The van der Waals surface area contributed by atoms with E-state index in [1.165, 1.54) is 5.69 Å². The van der Waals surface area contributed by atoms with Crippen molar-refractivity contribution in [2.24, 2.45) is 12.5 Å². The SMILES string of the molecule is Cn1cncc1CC(C)(C)C. The molecule has 0 saturated heterocycles. The van der Waals surface area contributed by atoms with E-state index in [-0.39, 0.29) is 0 Å². The fourth-order valence-electron chi connectivity index (χ4n) is 1.10. The molecule has 0 unspecified atom stereocenters. The van der Waals surface area contributed by atoms with Gasteiger partial charge in [0.1, 0.15) is 0 Å². The molecule has 1 aromatic rings. The van der Waals surface area contributed by atoms with E-state index < -0.39 is 0 Å². The first-order valence-corrected chi connectivity index (χ1v) is 3.94. The molecule has 2 nitrogen and oxygen atoms in total. The van der Waals surface area contributed by atoms with Crippen molar-refractivity contribution in [3.63, 3.8) is 0 Å². The molecule has 0 aliphatic heterocycles. The average Bonchev–Trinajstić information content (AvgIpc) is 2.12. The summed E-state index contributed by atoms with van der Waals surface area (Å²) in [4.78, 5) is 4.07. The molecule has 62 valence electrons. The Morgan fingerprint density at radius 1 is 1.45 bits per heavy atom. The van der Waals surface area contributed by atoms with Gasteiger partial charge in [-0.25, -0.2) is 4.98 Å². The Morgan fingerprint density at radius 2 is 2.09 bits per heavy atom. The van der Waals surface area contributed by atoms with E-state index in [4.69, 9.17) is 0 Å². The Kier molecular flexibility index (Phi) is 2.03. The fourth-order valence-corrected chi connectivity index (χ4v) is 1.10. The molecule has 0 aliphatic rings. The predicted octanol–water partition coefficient (Wildman–Crippen LogP) is 2.01. The van der Waals surface area contributed by atoms with Crippen LogP contribution in [0.5, 0.6) is 0 Å². The smallest absolute Gasteiger partial charge is 0.0945 e. The number of aromatic nitrogens is 2. The monoisotopic (exact) mass is 152 g/mol. The van der Waals surface area contributed by atoms with Crippen LogP contribution in [-0.4, -0.2) is 9.55 Å². The summed E-state index contributed by atoms with van der Waals surface area (Å²) in [6.45, 7) is 6.71. The zero-order valence-corrected chi connectivity index (χ0v) is 7.76. The van der Waals surface area contributed by atoms with Crippen LogP contribution in [0.2, 0.25) is 0 Å². The van der Waals surface area contributed by atoms with Crippen LogP contribution in [-0.2, 0) is 13.5 Å². The predicted molar refractivity (Wildman–Crippen MR) is 46.4 cm³/mol. The first-order valence-electron chi connectivity index (χ1n) is 3.94. The average molecular weight is 152 g/mol. The molecule has 0 bridgehead atoms. The van der Waals surface area contributed by atoms with Crippen LogP contribution in [0.3, 0.4) is 0 Å². The van der Waals surface area contributed by atoms with Crippen LogP contribution in [0.1, 0.15) is 26.5 Å². The standard InChI is InChI=1S/C9H16N2/c1-9(2,3)5-8-6-10-7-11(8)4/h6-7H,5H2,1-4H3. The molecule has 0 aliphatic carbocycles. The van der Waals surface area contributed by atoms with Crippen LogP contribution in [0.15, 0.2) is 12.5 Å². The molecule has 0 fully saturated rings. The van der Waals surface area contributed by atoms with Gasteiger partial charge in [0.2, 0.25) is 0 Å². The lowest BCUT2D eigenvalue weighted by molar-refractivity contribution is 0.401. The zero-order valence-electron chi connectivity index (χ0n) is 7.76. The van der Waals surface area contributed by atoms with Crippen molar-refractivity contribution in [3.05, 3.63) is 18.2 Å². The van der Waals surface area contributed by atoms with E-state index in [1.54, 1.807) is 0 Å². The van der Waals surface area contributed by atoms with E-state index in [9.17, 15) is 0 Å². The Balaban J connectivity index is 2.72. The molecule has 0 atom stereocenters. The third-order valence-corrected chi connectivity index (χ3v) is 1.63. The molecular formula is C9H16N2. The number of hydrogen-bond acceptors (Lipinski definition) is 1. The van der Waals surface area contributed by atoms with Crippen LogP contribution in [0.4, 0.5) is 0 Å². The maximum absolute atomic E-state index is 4.07. The van der Waals surface area contributed by atoms with E-state index in [0.717, 1.165) is 6.42 Å². The molecule has 1 heterocycles. The summed E-state index contributed by atoms with van der Waals surface area (Å²) >= 11 is 0. The first-order chi connectivity index (χ1) is 4.99. The van der Waals surface area contributed by atoms with Crippen molar-refractivity contribution in [2.75, 3.05) is 0 Å². The van der Waals surface area contributed by atoms with E-state index in [2.05, 4.69) is 30.3 Å². The van der Waals surface area contributed by atoms with Gasteiger partial charge in [-0.05, 0) is 11.8 Å². The van der Waals surface area contributed by atoms with Crippen molar-refractivity contribution in [1.29, 1.82) is 0 Å². The second-order valence-corrected chi connectivity index (χ2v) is 4.23. The Hall–Kier alpha value is -0.790.